The SMILES string of the molecule is O=C(NCC1CCC(O)CC1)c1ccc(CCl)cc1. The Hall–Kier alpha value is -1.06. The molecular formula is C15H20ClNO2. The monoisotopic (exact) mass is 281 g/mol. The van der Waals surface area contributed by atoms with Gasteiger partial charge in [0, 0.05) is 18.0 Å². The first-order chi connectivity index (χ1) is 9.19. The molecule has 0 bridgehead atoms. The summed E-state index contributed by atoms with van der Waals surface area (Å²) in [7, 11) is 0. The van der Waals surface area contributed by atoms with Crippen molar-refractivity contribution in [3.05, 3.63) is 35.4 Å². The van der Waals surface area contributed by atoms with Crippen molar-refractivity contribution in [2.45, 2.75) is 37.7 Å². The number of alkyl halides is 1. The lowest BCUT2D eigenvalue weighted by atomic mass is 9.87. The van der Waals surface area contributed by atoms with Gasteiger partial charge in [-0.05, 0) is 49.3 Å². The highest BCUT2D eigenvalue weighted by Crippen LogP contribution is 2.23. The Morgan fingerprint density at radius 1 is 1.21 bits per heavy atom. The summed E-state index contributed by atoms with van der Waals surface area (Å²) in [5.74, 6) is 0.924. The van der Waals surface area contributed by atoms with Crippen molar-refractivity contribution < 1.29 is 9.90 Å². The van der Waals surface area contributed by atoms with Gasteiger partial charge in [0.2, 0.25) is 0 Å². The zero-order chi connectivity index (χ0) is 13.7. The Balaban J connectivity index is 1.80. The van der Waals surface area contributed by atoms with Gasteiger partial charge in [-0.1, -0.05) is 12.1 Å². The number of halogens is 1. The second-order valence-electron chi connectivity index (χ2n) is 5.22. The molecule has 0 aromatic heterocycles. The Labute approximate surface area is 119 Å². The molecule has 1 aliphatic rings. The highest BCUT2D eigenvalue weighted by Gasteiger charge is 2.19. The van der Waals surface area contributed by atoms with E-state index in [4.69, 9.17) is 11.6 Å². The maximum Gasteiger partial charge on any atom is 0.251 e. The number of hydrogen-bond acceptors (Lipinski definition) is 2. The first-order valence-corrected chi connectivity index (χ1v) is 7.33. The molecule has 0 spiro atoms. The van der Waals surface area contributed by atoms with Gasteiger partial charge in [-0.2, -0.15) is 0 Å². The molecule has 1 fully saturated rings. The minimum Gasteiger partial charge on any atom is -0.393 e. The van der Waals surface area contributed by atoms with Crippen molar-refractivity contribution in [3.8, 4) is 0 Å². The lowest BCUT2D eigenvalue weighted by Crippen LogP contribution is -2.32. The van der Waals surface area contributed by atoms with Crippen LogP contribution < -0.4 is 5.32 Å². The molecule has 2 rings (SSSR count). The average molecular weight is 282 g/mol. The fraction of sp³-hybridized carbons (Fsp3) is 0.533. The maximum atomic E-state index is 12.0. The van der Waals surface area contributed by atoms with Gasteiger partial charge < -0.3 is 10.4 Å². The molecule has 4 heteroatoms. The second kappa shape index (κ2) is 6.92. The maximum absolute atomic E-state index is 12.0. The molecule has 1 aromatic rings. The topological polar surface area (TPSA) is 49.3 Å². The summed E-state index contributed by atoms with van der Waals surface area (Å²) in [5, 5.41) is 12.4. The first-order valence-electron chi connectivity index (χ1n) is 6.80. The summed E-state index contributed by atoms with van der Waals surface area (Å²) < 4.78 is 0. The van der Waals surface area contributed by atoms with Crippen molar-refractivity contribution in [1.82, 2.24) is 5.32 Å². The number of rotatable bonds is 4. The van der Waals surface area contributed by atoms with Crippen LogP contribution in [0.1, 0.15) is 41.6 Å². The number of aliphatic hydroxyl groups is 1. The largest absolute Gasteiger partial charge is 0.393 e. The molecule has 1 amide bonds. The van der Waals surface area contributed by atoms with E-state index in [2.05, 4.69) is 5.32 Å². The molecule has 19 heavy (non-hydrogen) atoms. The van der Waals surface area contributed by atoms with Crippen LogP contribution in [0.5, 0.6) is 0 Å². The van der Waals surface area contributed by atoms with Crippen LogP contribution in [-0.4, -0.2) is 23.7 Å². The van der Waals surface area contributed by atoms with Gasteiger partial charge in [0.25, 0.3) is 5.91 Å². The molecule has 0 radical (unpaired) electrons. The van der Waals surface area contributed by atoms with Crippen molar-refractivity contribution >= 4 is 17.5 Å². The van der Waals surface area contributed by atoms with Crippen LogP contribution in [0.25, 0.3) is 0 Å². The van der Waals surface area contributed by atoms with Crippen LogP contribution >= 0.6 is 11.6 Å². The van der Waals surface area contributed by atoms with Crippen LogP contribution in [0, 0.1) is 5.92 Å². The van der Waals surface area contributed by atoms with E-state index in [0.29, 0.717) is 23.9 Å². The third kappa shape index (κ3) is 4.22. The number of hydrogen-bond donors (Lipinski definition) is 2. The fourth-order valence-electron chi connectivity index (χ4n) is 2.43. The summed E-state index contributed by atoms with van der Waals surface area (Å²) >= 11 is 5.71. The number of aliphatic hydroxyl groups excluding tert-OH is 1. The lowest BCUT2D eigenvalue weighted by Gasteiger charge is -2.25. The Bertz CT molecular complexity index is 411. The van der Waals surface area contributed by atoms with Gasteiger partial charge in [-0.25, -0.2) is 0 Å². The normalized spacial score (nSPS) is 23.1. The summed E-state index contributed by atoms with van der Waals surface area (Å²) in [4.78, 5) is 12.0. The van der Waals surface area contributed by atoms with E-state index >= 15 is 0 Å². The minimum absolute atomic E-state index is 0.0350. The smallest absolute Gasteiger partial charge is 0.251 e. The zero-order valence-corrected chi connectivity index (χ0v) is 11.7. The molecule has 3 nitrogen and oxygen atoms in total. The predicted octanol–water partition coefficient (Wildman–Crippen LogP) is 2.71. The minimum atomic E-state index is -0.143. The third-order valence-corrected chi connectivity index (χ3v) is 4.05. The predicted molar refractivity (Wildman–Crippen MR) is 76.3 cm³/mol. The van der Waals surface area contributed by atoms with E-state index in [-0.39, 0.29) is 12.0 Å². The van der Waals surface area contributed by atoms with Gasteiger partial charge in [0.05, 0.1) is 6.10 Å². The number of nitrogens with one attached hydrogen (secondary N) is 1. The standard InChI is InChI=1S/C15H20ClNO2/c16-9-11-1-5-13(6-2-11)15(19)17-10-12-3-7-14(18)8-4-12/h1-2,5-6,12,14,18H,3-4,7-10H2,(H,17,19). The summed E-state index contributed by atoms with van der Waals surface area (Å²) in [6.07, 6.45) is 3.55. The zero-order valence-electron chi connectivity index (χ0n) is 10.9. The Morgan fingerprint density at radius 2 is 1.84 bits per heavy atom. The first kappa shape index (κ1) is 14.4. The summed E-state index contributed by atoms with van der Waals surface area (Å²) in [6.45, 7) is 0.697. The molecular weight excluding hydrogens is 262 g/mol. The van der Waals surface area contributed by atoms with Gasteiger partial charge in [0.1, 0.15) is 0 Å². The molecule has 0 saturated heterocycles. The molecule has 2 N–H and O–H groups in total. The molecule has 1 aromatic carbocycles. The Morgan fingerprint density at radius 3 is 2.42 bits per heavy atom. The van der Waals surface area contributed by atoms with E-state index in [1.807, 2.05) is 12.1 Å². The van der Waals surface area contributed by atoms with Crippen LogP contribution in [-0.2, 0) is 5.88 Å². The molecule has 104 valence electrons. The van der Waals surface area contributed by atoms with Crippen LogP contribution in [0.15, 0.2) is 24.3 Å². The number of amides is 1. The van der Waals surface area contributed by atoms with Crippen LogP contribution in [0.2, 0.25) is 0 Å². The lowest BCUT2D eigenvalue weighted by molar-refractivity contribution is 0.0910. The van der Waals surface area contributed by atoms with Crippen LogP contribution in [0.3, 0.4) is 0 Å². The average Bonchev–Trinajstić information content (AvgIpc) is 2.46. The molecule has 0 unspecified atom stereocenters. The van der Waals surface area contributed by atoms with E-state index in [9.17, 15) is 9.90 Å². The molecule has 0 aliphatic heterocycles. The summed E-state index contributed by atoms with van der Waals surface area (Å²) in [6, 6.07) is 7.35. The second-order valence-corrected chi connectivity index (χ2v) is 5.48. The van der Waals surface area contributed by atoms with Gasteiger partial charge in [-0.3, -0.25) is 4.79 Å². The fourth-order valence-corrected chi connectivity index (χ4v) is 2.61. The third-order valence-electron chi connectivity index (χ3n) is 3.74. The highest BCUT2D eigenvalue weighted by atomic mass is 35.5. The number of benzene rings is 1. The van der Waals surface area contributed by atoms with Crippen LogP contribution in [0.4, 0.5) is 0 Å². The van der Waals surface area contributed by atoms with Gasteiger partial charge in [0.15, 0.2) is 0 Å². The quantitative estimate of drug-likeness (QED) is 0.834. The van der Waals surface area contributed by atoms with Crippen molar-refractivity contribution in [2.24, 2.45) is 5.92 Å². The van der Waals surface area contributed by atoms with Crippen molar-refractivity contribution in [1.29, 1.82) is 0 Å². The van der Waals surface area contributed by atoms with E-state index < -0.39 is 0 Å². The van der Waals surface area contributed by atoms with E-state index in [1.54, 1.807) is 12.1 Å². The molecule has 1 aliphatic carbocycles. The van der Waals surface area contributed by atoms with Gasteiger partial charge in [-0.15, -0.1) is 11.6 Å². The molecule has 1 saturated carbocycles. The van der Waals surface area contributed by atoms with Crippen molar-refractivity contribution in [3.63, 3.8) is 0 Å². The molecule has 0 atom stereocenters. The highest BCUT2D eigenvalue weighted by molar-refractivity contribution is 6.17. The summed E-state index contributed by atoms with van der Waals surface area (Å²) in [5.41, 5.74) is 1.68. The number of carbonyl (C=O) groups is 1. The van der Waals surface area contributed by atoms with Crippen molar-refractivity contribution in [2.75, 3.05) is 6.54 Å². The Kier molecular flexibility index (Phi) is 5.23. The van der Waals surface area contributed by atoms with E-state index in [1.165, 1.54) is 0 Å². The van der Waals surface area contributed by atoms with Gasteiger partial charge >= 0.3 is 0 Å². The number of carbonyl (C=O) groups excluding carboxylic acids is 1. The van der Waals surface area contributed by atoms with E-state index in [0.717, 1.165) is 31.2 Å². The molecule has 0 heterocycles.